The molecule has 0 saturated heterocycles. The van der Waals surface area contributed by atoms with Crippen molar-refractivity contribution in [3.8, 4) is 17.2 Å². The molecule has 6 rings (SSSR count). The van der Waals surface area contributed by atoms with Crippen LogP contribution >= 0.6 is 23.2 Å². The van der Waals surface area contributed by atoms with Gasteiger partial charge in [0.15, 0.2) is 0 Å². The number of carbonyl (C=O) groups excluding carboxylic acids is 2. The van der Waals surface area contributed by atoms with Gasteiger partial charge in [0.05, 0.1) is 42.0 Å². The number of hydrogen-bond donors (Lipinski definition) is 1. The number of nitrogens with one attached hydrogen (secondary N) is 1. The summed E-state index contributed by atoms with van der Waals surface area (Å²) in [6, 6.07) is 21.1. The van der Waals surface area contributed by atoms with Gasteiger partial charge in [-0.05, 0) is 73.5 Å². The van der Waals surface area contributed by atoms with E-state index in [1.165, 1.54) is 0 Å². The van der Waals surface area contributed by atoms with Crippen molar-refractivity contribution in [2.24, 2.45) is 0 Å². The zero-order valence-electron chi connectivity index (χ0n) is 22.5. The molecule has 0 bridgehead atoms. The van der Waals surface area contributed by atoms with E-state index in [0.29, 0.717) is 27.2 Å². The van der Waals surface area contributed by atoms with Gasteiger partial charge in [-0.1, -0.05) is 35.3 Å². The van der Waals surface area contributed by atoms with Crippen LogP contribution in [0, 0.1) is 0 Å². The lowest BCUT2D eigenvalue weighted by Crippen LogP contribution is -2.48. The van der Waals surface area contributed by atoms with Gasteiger partial charge in [0.2, 0.25) is 5.91 Å². The molecule has 1 saturated carbocycles. The Morgan fingerprint density at radius 1 is 0.951 bits per heavy atom. The highest BCUT2D eigenvalue weighted by molar-refractivity contribution is 6.36. The van der Waals surface area contributed by atoms with E-state index in [1.54, 1.807) is 42.2 Å². The van der Waals surface area contributed by atoms with E-state index in [1.807, 2.05) is 60.8 Å². The van der Waals surface area contributed by atoms with Gasteiger partial charge in [-0.25, -0.2) is 4.79 Å². The first kappa shape index (κ1) is 27.1. The molecular formula is C31H28Cl2N4O4. The van der Waals surface area contributed by atoms with Gasteiger partial charge in [-0.15, -0.1) is 0 Å². The Kier molecular flexibility index (Phi) is 7.28. The van der Waals surface area contributed by atoms with Gasteiger partial charge in [0.25, 0.3) is 0 Å². The number of fused-ring (bicyclic) bond motifs is 3. The first-order valence-corrected chi connectivity index (χ1v) is 14.0. The molecule has 2 aliphatic rings. The lowest BCUT2D eigenvalue weighted by molar-refractivity contribution is -0.119. The Balaban J connectivity index is 1.40. The van der Waals surface area contributed by atoms with Gasteiger partial charge >= 0.3 is 6.03 Å². The number of rotatable bonds is 7. The number of methoxy groups -OCH3 is 2. The van der Waals surface area contributed by atoms with Crippen LogP contribution in [0.15, 0.2) is 79.0 Å². The summed E-state index contributed by atoms with van der Waals surface area (Å²) in [5, 5.41) is 3.65. The van der Waals surface area contributed by atoms with Gasteiger partial charge < -0.3 is 24.3 Å². The molecule has 210 valence electrons. The normalized spacial score (nSPS) is 15.5. The smallest absolute Gasteiger partial charge is 0.322 e. The molecule has 3 amide bonds. The second kappa shape index (κ2) is 11.0. The molecule has 1 atom stereocenters. The molecule has 8 nitrogen and oxygen atoms in total. The minimum atomic E-state index is -0.535. The van der Waals surface area contributed by atoms with Crippen LogP contribution in [0.4, 0.5) is 16.2 Å². The number of carbonyl (C=O) groups is 2. The highest BCUT2D eigenvalue weighted by Gasteiger charge is 2.41. The van der Waals surface area contributed by atoms with Crippen LogP contribution in [-0.4, -0.2) is 48.2 Å². The molecule has 1 unspecified atom stereocenters. The maximum absolute atomic E-state index is 14.4. The molecule has 2 heterocycles. The zero-order chi connectivity index (χ0) is 28.7. The van der Waals surface area contributed by atoms with E-state index in [2.05, 4.69) is 9.88 Å². The minimum absolute atomic E-state index is 0.0428. The SMILES string of the molecule is COc1ccc(OC)c(C2c3cccn3-c3ccccc3N2C(=O)CN(C(=O)Nc2ccc(Cl)cc2Cl)C2CC2)c1. The van der Waals surface area contributed by atoms with E-state index in [9.17, 15) is 9.59 Å². The summed E-state index contributed by atoms with van der Waals surface area (Å²) in [5.74, 6) is 1.03. The zero-order valence-corrected chi connectivity index (χ0v) is 24.0. The highest BCUT2D eigenvalue weighted by atomic mass is 35.5. The van der Waals surface area contributed by atoms with E-state index >= 15 is 0 Å². The lowest BCUT2D eigenvalue weighted by Gasteiger charge is -2.40. The molecule has 41 heavy (non-hydrogen) atoms. The van der Waals surface area contributed by atoms with Crippen molar-refractivity contribution < 1.29 is 19.1 Å². The van der Waals surface area contributed by atoms with Gasteiger partial charge in [0.1, 0.15) is 24.1 Å². The Hall–Kier alpha value is -4.14. The van der Waals surface area contributed by atoms with Crippen molar-refractivity contribution in [2.75, 3.05) is 31.0 Å². The topological polar surface area (TPSA) is 76.0 Å². The van der Waals surface area contributed by atoms with Crippen molar-refractivity contribution in [3.05, 3.63) is 100 Å². The third-order valence-electron chi connectivity index (χ3n) is 7.45. The number of nitrogens with zero attached hydrogens (tertiary/aromatic N) is 3. The predicted octanol–water partition coefficient (Wildman–Crippen LogP) is 6.93. The third kappa shape index (κ3) is 5.09. The Labute approximate surface area is 248 Å². The Bertz CT molecular complexity index is 1630. The fourth-order valence-electron chi connectivity index (χ4n) is 5.36. The maximum Gasteiger partial charge on any atom is 0.322 e. The fourth-order valence-corrected chi connectivity index (χ4v) is 5.82. The number of anilines is 2. The molecule has 4 aromatic rings. The van der Waals surface area contributed by atoms with Crippen LogP contribution in [0.25, 0.3) is 5.69 Å². The first-order chi connectivity index (χ1) is 19.9. The van der Waals surface area contributed by atoms with Crippen LogP contribution in [0.2, 0.25) is 10.0 Å². The Morgan fingerprint density at radius 3 is 2.44 bits per heavy atom. The highest BCUT2D eigenvalue weighted by Crippen LogP contribution is 2.45. The standard InChI is InChI=1S/C31H28Cl2N4O4/c1-40-21-12-14-28(41-2)22(17-21)30-27-8-5-15-35(27)25-6-3-4-7-26(25)37(30)29(38)18-36(20-10-11-20)31(39)34-24-13-9-19(32)16-23(24)33/h3-9,12-17,20,30H,10-11,18H2,1-2H3,(H,34,39). The second-order valence-corrected chi connectivity index (χ2v) is 10.8. The number of amides is 3. The molecule has 1 aliphatic heterocycles. The summed E-state index contributed by atoms with van der Waals surface area (Å²) in [5.41, 5.74) is 3.69. The molecule has 1 aliphatic carbocycles. The number of halogens is 2. The van der Waals surface area contributed by atoms with E-state index in [0.717, 1.165) is 35.5 Å². The molecule has 10 heteroatoms. The monoisotopic (exact) mass is 590 g/mol. The Morgan fingerprint density at radius 2 is 1.73 bits per heavy atom. The summed E-state index contributed by atoms with van der Waals surface area (Å²) in [7, 11) is 3.21. The van der Waals surface area contributed by atoms with Crippen molar-refractivity contribution in [2.45, 2.75) is 24.9 Å². The largest absolute Gasteiger partial charge is 0.497 e. The molecule has 0 radical (unpaired) electrons. The quantitative estimate of drug-likeness (QED) is 0.253. The van der Waals surface area contributed by atoms with Gasteiger partial charge in [-0.3, -0.25) is 9.69 Å². The molecule has 0 spiro atoms. The molecular weight excluding hydrogens is 563 g/mol. The van der Waals surface area contributed by atoms with Gasteiger partial charge in [0, 0.05) is 22.8 Å². The van der Waals surface area contributed by atoms with Crippen molar-refractivity contribution in [1.29, 1.82) is 0 Å². The van der Waals surface area contributed by atoms with Crippen LogP contribution in [0.5, 0.6) is 11.5 Å². The number of para-hydroxylation sites is 2. The van der Waals surface area contributed by atoms with Crippen LogP contribution in [0.3, 0.4) is 0 Å². The van der Waals surface area contributed by atoms with Crippen LogP contribution in [-0.2, 0) is 4.79 Å². The van der Waals surface area contributed by atoms with E-state index in [4.69, 9.17) is 32.7 Å². The number of urea groups is 1. The summed E-state index contributed by atoms with van der Waals surface area (Å²) >= 11 is 12.3. The number of aromatic nitrogens is 1. The number of ether oxygens (including phenoxy) is 2. The maximum atomic E-state index is 14.4. The summed E-state index contributed by atoms with van der Waals surface area (Å²) in [4.78, 5) is 31.3. The van der Waals surface area contributed by atoms with Gasteiger partial charge in [-0.2, -0.15) is 0 Å². The molecule has 3 aromatic carbocycles. The predicted molar refractivity (Wildman–Crippen MR) is 160 cm³/mol. The third-order valence-corrected chi connectivity index (χ3v) is 7.99. The minimum Gasteiger partial charge on any atom is -0.497 e. The van der Waals surface area contributed by atoms with E-state index in [-0.39, 0.29) is 18.5 Å². The molecule has 1 aromatic heterocycles. The summed E-state index contributed by atoms with van der Waals surface area (Å²) in [6.07, 6.45) is 3.62. The average molecular weight is 591 g/mol. The molecule has 1 fully saturated rings. The molecule has 1 N–H and O–H groups in total. The van der Waals surface area contributed by atoms with Crippen LogP contribution < -0.4 is 19.7 Å². The summed E-state index contributed by atoms with van der Waals surface area (Å²) in [6.45, 7) is -0.125. The summed E-state index contributed by atoms with van der Waals surface area (Å²) < 4.78 is 13.4. The van der Waals surface area contributed by atoms with Crippen molar-refractivity contribution in [1.82, 2.24) is 9.47 Å². The average Bonchev–Trinajstić information content (AvgIpc) is 3.70. The second-order valence-electron chi connectivity index (χ2n) is 9.98. The van der Waals surface area contributed by atoms with Crippen LogP contribution in [0.1, 0.15) is 30.1 Å². The number of hydrogen-bond acceptors (Lipinski definition) is 4. The lowest BCUT2D eigenvalue weighted by atomic mass is 9.96. The fraction of sp³-hybridized carbons (Fsp3) is 0.226. The van der Waals surface area contributed by atoms with Crippen molar-refractivity contribution >= 4 is 46.5 Å². The van der Waals surface area contributed by atoms with E-state index < -0.39 is 12.1 Å². The number of benzene rings is 3. The van der Waals surface area contributed by atoms with Crippen molar-refractivity contribution in [3.63, 3.8) is 0 Å². The first-order valence-electron chi connectivity index (χ1n) is 13.2.